The van der Waals surface area contributed by atoms with Gasteiger partial charge in [0.05, 0.1) is 51.6 Å². The molecule has 2 aromatic rings. The van der Waals surface area contributed by atoms with E-state index >= 15 is 0 Å². The van der Waals surface area contributed by atoms with Crippen LogP contribution in [0.15, 0.2) is 45.9 Å². The highest BCUT2D eigenvalue weighted by atomic mass is 16.5. The molecule has 0 bridgehead atoms. The molecule has 1 aliphatic heterocycles. The highest BCUT2D eigenvalue weighted by molar-refractivity contribution is 5.90. The number of rotatable bonds is 5. The fourth-order valence-corrected chi connectivity index (χ4v) is 2.69. The molecule has 0 unspecified atom stereocenters. The molecule has 1 fully saturated rings. The van der Waals surface area contributed by atoms with Crippen molar-refractivity contribution < 1.29 is 18.8 Å². The van der Waals surface area contributed by atoms with Gasteiger partial charge in [0.2, 0.25) is 0 Å². The second-order valence-corrected chi connectivity index (χ2v) is 6.16. The molecule has 3 rings (SSSR count). The van der Waals surface area contributed by atoms with E-state index in [1.807, 2.05) is 24.3 Å². The lowest BCUT2D eigenvalue weighted by Crippen LogP contribution is -3.11. The van der Waals surface area contributed by atoms with Crippen LogP contribution in [0.1, 0.15) is 23.0 Å². The second kappa shape index (κ2) is 7.98. The fourth-order valence-electron chi connectivity index (χ4n) is 2.69. The first-order chi connectivity index (χ1) is 12.2. The Kier molecular flexibility index (Phi) is 5.50. The molecule has 132 valence electrons. The molecule has 0 spiro atoms. The van der Waals surface area contributed by atoms with Gasteiger partial charge in [-0.3, -0.25) is 5.01 Å². The lowest BCUT2D eigenvalue weighted by Gasteiger charge is -2.27. The maximum atomic E-state index is 11.7. The Morgan fingerprint density at radius 1 is 1.24 bits per heavy atom. The van der Waals surface area contributed by atoms with Crippen LogP contribution in [0, 0.1) is 0 Å². The van der Waals surface area contributed by atoms with Crippen LogP contribution in [0.5, 0.6) is 0 Å². The van der Waals surface area contributed by atoms with Gasteiger partial charge in [-0.25, -0.2) is 4.79 Å². The molecule has 0 radical (unpaired) electrons. The molecular weight excluding hydrogens is 318 g/mol. The van der Waals surface area contributed by atoms with Crippen molar-refractivity contribution in [3.63, 3.8) is 0 Å². The zero-order valence-electron chi connectivity index (χ0n) is 14.7. The lowest BCUT2D eigenvalue weighted by atomic mass is 10.1. The fraction of sp³-hybridized carbons (Fsp3) is 0.368. The number of esters is 1. The van der Waals surface area contributed by atoms with Crippen LogP contribution in [0.25, 0.3) is 11.3 Å². The summed E-state index contributed by atoms with van der Waals surface area (Å²) in [5, 5.41) is 6.57. The number of nitrogens with zero attached hydrogens (tertiary/aromatic N) is 2. The third kappa shape index (κ3) is 4.48. The predicted octanol–water partition coefficient (Wildman–Crippen LogP) is 1.29. The molecule has 1 saturated heterocycles. The van der Waals surface area contributed by atoms with Gasteiger partial charge >= 0.3 is 5.97 Å². The number of likely N-dealkylation sites (N-methyl/N-ethyl adjacent to an activating group) is 1. The number of hydrazone groups is 1. The third-order valence-electron chi connectivity index (χ3n) is 4.25. The minimum absolute atomic E-state index is 0.310. The summed E-state index contributed by atoms with van der Waals surface area (Å²) < 4.78 is 10.8. The number of nitrogens with one attached hydrogen (secondary N) is 1. The largest absolute Gasteiger partial charge is 0.462 e. The average molecular weight is 342 g/mol. The number of benzene rings is 1. The van der Waals surface area contributed by atoms with E-state index in [9.17, 15) is 4.79 Å². The van der Waals surface area contributed by atoms with Crippen molar-refractivity contribution >= 4 is 12.2 Å². The Bertz CT molecular complexity index is 729. The molecule has 2 heterocycles. The summed E-state index contributed by atoms with van der Waals surface area (Å²) in [7, 11) is 2.20. The molecule has 0 aliphatic carbocycles. The van der Waals surface area contributed by atoms with Crippen LogP contribution in [0.3, 0.4) is 0 Å². The van der Waals surface area contributed by atoms with Gasteiger partial charge < -0.3 is 14.1 Å². The standard InChI is InChI=1S/C19H23N3O3/c1-3-24-19(23)16-6-4-15(5-7-16)18-9-8-17(25-18)14-20-22-12-10-21(2)11-13-22/h4-9,14H,3,10-13H2,1-2H3/p+1/b20-14-. The highest BCUT2D eigenvalue weighted by Crippen LogP contribution is 2.22. The van der Waals surface area contributed by atoms with E-state index < -0.39 is 0 Å². The summed E-state index contributed by atoms with van der Waals surface area (Å²) in [5.41, 5.74) is 1.45. The number of quaternary nitrogens is 1. The smallest absolute Gasteiger partial charge is 0.338 e. The Labute approximate surface area is 147 Å². The number of ether oxygens (including phenoxy) is 1. The summed E-state index contributed by atoms with van der Waals surface area (Å²) in [6.07, 6.45) is 1.76. The topological polar surface area (TPSA) is 59.5 Å². The van der Waals surface area contributed by atoms with E-state index in [1.165, 1.54) is 4.90 Å². The second-order valence-electron chi connectivity index (χ2n) is 6.16. The number of carbonyl (C=O) groups is 1. The summed E-state index contributed by atoms with van der Waals surface area (Å²) in [6, 6.07) is 11.0. The first-order valence-electron chi connectivity index (χ1n) is 8.63. The Morgan fingerprint density at radius 3 is 2.64 bits per heavy atom. The van der Waals surface area contributed by atoms with Gasteiger partial charge in [0, 0.05) is 5.56 Å². The molecular formula is C19H24N3O3+. The minimum Gasteiger partial charge on any atom is -0.462 e. The van der Waals surface area contributed by atoms with Crippen molar-refractivity contribution in [2.75, 3.05) is 39.8 Å². The lowest BCUT2D eigenvalue weighted by molar-refractivity contribution is -0.884. The molecule has 6 heteroatoms. The van der Waals surface area contributed by atoms with Crippen molar-refractivity contribution in [1.29, 1.82) is 0 Å². The van der Waals surface area contributed by atoms with E-state index in [0.717, 1.165) is 43.3 Å². The minimum atomic E-state index is -0.310. The van der Waals surface area contributed by atoms with Gasteiger partial charge in [0.25, 0.3) is 0 Å². The van der Waals surface area contributed by atoms with Crippen molar-refractivity contribution in [2.24, 2.45) is 5.10 Å². The molecule has 0 atom stereocenters. The van der Waals surface area contributed by atoms with Crippen LogP contribution in [-0.2, 0) is 4.74 Å². The number of piperazine rings is 1. The quantitative estimate of drug-likeness (QED) is 0.657. The highest BCUT2D eigenvalue weighted by Gasteiger charge is 2.14. The van der Waals surface area contributed by atoms with E-state index in [-0.39, 0.29) is 5.97 Å². The van der Waals surface area contributed by atoms with Gasteiger partial charge in [-0.1, -0.05) is 12.1 Å². The molecule has 1 N–H and O–H groups in total. The molecule has 25 heavy (non-hydrogen) atoms. The van der Waals surface area contributed by atoms with E-state index in [4.69, 9.17) is 9.15 Å². The first-order valence-corrected chi connectivity index (χ1v) is 8.63. The van der Waals surface area contributed by atoms with Crippen LogP contribution >= 0.6 is 0 Å². The zero-order chi connectivity index (χ0) is 17.6. The van der Waals surface area contributed by atoms with Crippen LogP contribution < -0.4 is 4.90 Å². The average Bonchev–Trinajstić information content (AvgIpc) is 3.11. The van der Waals surface area contributed by atoms with E-state index in [1.54, 1.807) is 25.3 Å². The molecule has 6 nitrogen and oxygen atoms in total. The van der Waals surface area contributed by atoms with Crippen LogP contribution in [0.4, 0.5) is 0 Å². The molecule has 0 saturated carbocycles. The van der Waals surface area contributed by atoms with Gasteiger partial charge in [-0.05, 0) is 31.2 Å². The summed E-state index contributed by atoms with van der Waals surface area (Å²) in [5.74, 6) is 1.16. The Balaban J connectivity index is 1.64. The zero-order valence-corrected chi connectivity index (χ0v) is 14.7. The molecule has 1 aliphatic rings. The van der Waals surface area contributed by atoms with Crippen LogP contribution in [-0.4, -0.2) is 57.0 Å². The summed E-state index contributed by atoms with van der Waals surface area (Å²) >= 11 is 0. The molecule has 1 aromatic heterocycles. The summed E-state index contributed by atoms with van der Waals surface area (Å²) in [4.78, 5) is 13.2. The Morgan fingerprint density at radius 2 is 1.96 bits per heavy atom. The van der Waals surface area contributed by atoms with Gasteiger partial charge in [-0.15, -0.1) is 0 Å². The monoisotopic (exact) mass is 342 g/mol. The van der Waals surface area contributed by atoms with Gasteiger partial charge in [0.1, 0.15) is 11.5 Å². The number of carbonyl (C=O) groups excluding carboxylic acids is 1. The molecule has 1 aromatic carbocycles. The predicted molar refractivity (Wildman–Crippen MR) is 95.9 cm³/mol. The maximum absolute atomic E-state index is 11.7. The van der Waals surface area contributed by atoms with Crippen molar-refractivity contribution in [3.8, 4) is 11.3 Å². The maximum Gasteiger partial charge on any atom is 0.338 e. The van der Waals surface area contributed by atoms with E-state index in [2.05, 4.69) is 17.2 Å². The van der Waals surface area contributed by atoms with Crippen molar-refractivity contribution in [3.05, 3.63) is 47.7 Å². The molecule has 0 amide bonds. The normalized spacial score (nSPS) is 15.7. The van der Waals surface area contributed by atoms with E-state index in [0.29, 0.717) is 12.2 Å². The number of hydrogen-bond donors (Lipinski definition) is 1. The van der Waals surface area contributed by atoms with Gasteiger partial charge in [0.15, 0.2) is 0 Å². The third-order valence-corrected chi connectivity index (χ3v) is 4.25. The first kappa shape index (κ1) is 17.2. The summed E-state index contributed by atoms with van der Waals surface area (Å²) in [6.45, 7) is 6.30. The van der Waals surface area contributed by atoms with Crippen molar-refractivity contribution in [1.82, 2.24) is 5.01 Å². The number of hydrogen-bond acceptors (Lipinski definition) is 5. The number of furan rings is 1. The van der Waals surface area contributed by atoms with Gasteiger partial charge in [-0.2, -0.15) is 5.10 Å². The Hall–Kier alpha value is -2.60. The van der Waals surface area contributed by atoms with Crippen LogP contribution in [0.2, 0.25) is 0 Å². The van der Waals surface area contributed by atoms with Crippen molar-refractivity contribution in [2.45, 2.75) is 6.92 Å². The SMILES string of the molecule is CCOC(=O)c1ccc(-c2ccc(/C=N\N3CC[NH+](C)CC3)o2)cc1.